The lowest BCUT2D eigenvalue weighted by molar-refractivity contribution is 0.120. The van der Waals surface area contributed by atoms with E-state index in [1.54, 1.807) is 0 Å². The van der Waals surface area contributed by atoms with Crippen molar-refractivity contribution in [1.82, 2.24) is 4.90 Å². The molecule has 0 aliphatic carbocycles. The normalized spacial score (nSPS) is 18.6. The van der Waals surface area contributed by atoms with E-state index in [1.165, 1.54) is 24.1 Å². The van der Waals surface area contributed by atoms with Crippen LogP contribution in [-0.2, 0) is 11.2 Å². The van der Waals surface area contributed by atoms with Crippen molar-refractivity contribution < 1.29 is 4.74 Å². The van der Waals surface area contributed by atoms with Crippen LogP contribution in [0.5, 0.6) is 0 Å². The summed E-state index contributed by atoms with van der Waals surface area (Å²) in [6.45, 7) is 9.73. The van der Waals surface area contributed by atoms with Gasteiger partial charge in [-0.25, -0.2) is 0 Å². The highest BCUT2D eigenvalue weighted by Gasteiger charge is 2.14. The fourth-order valence-corrected chi connectivity index (χ4v) is 2.65. The van der Waals surface area contributed by atoms with Gasteiger partial charge in [0, 0.05) is 25.4 Å². The fraction of sp³-hybridized carbons (Fsp3) is 0.647. The number of rotatable bonds is 8. The summed E-state index contributed by atoms with van der Waals surface area (Å²) in [6, 6.07) is 8.85. The first-order chi connectivity index (χ1) is 9.81. The lowest BCUT2D eigenvalue weighted by Crippen LogP contribution is -2.25. The van der Waals surface area contributed by atoms with E-state index in [4.69, 9.17) is 4.74 Å². The van der Waals surface area contributed by atoms with Crippen molar-refractivity contribution in [3.05, 3.63) is 29.8 Å². The van der Waals surface area contributed by atoms with Crippen LogP contribution in [0.4, 0.5) is 5.69 Å². The highest BCUT2D eigenvalue weighted by molar-refractivity contribution is 5.44. The largest absolute Gasteiger partial charge is 0.382 e. The smallest absolute Gasteiger partial charge is 0.0748 e. The fourth-order valence-electron chi connectivity index (χ4n) is 2.65. The average molecular weight is 276 g/mol. The Labute approximate surface area is 123 Å². The zero-order valence-electron chi connectivity index (χ0n) is 12.9. The van der Waals surface area contributed by atoms with Crippen molar-refractivity contribution in [2.24, 2.45) is 0 Å². The second kappa shape index (κ2) is 8.28. The molecule has 1 aromatic carbocycles. The molecule has 0 saturated carbocycles. The molecule has 1 aliphatic rings. The maximum Gasteiger partial charge on any atom is 0.0748 e. The minimum atomic E-state index is 0.400. The molecule has 112 valence electrons. The Morgan fingerprint density at radius 2 is 1.95 bits per heavy atom. The van der Waals surface area contributed by atoms with Gasteiger partial charge in [-0.15, -0.1) is 0 Å². The molecule has 1 atom stereocenters. The second-order valence-corrected chi connectivity index (χ2v) is 5.49. The van der Waals surface area contributed by atoms with Gasteiger partial charge in [0.25, 0.3) is 0 Å². The van der Waals surface area contributed by atoms with E-state index in [9.17, 15) is 0 Å². The van der Waals surface area contributed by atoms with Crippen LogP contribution in [0.3, 0.4) is 0 Å². The van der Waals surface area contributed by atoms with Crippen LogP contribution >= 0.6 is 0 Å². The molecule has 1 aromatic rings. The van der Waals surface area contributed by atoms with E-state index in [2.05, 4.69) is 48.3 Å². The zero-order chi connectivity index (χ0) is 14.2. The van der Waals surface area contributed by atoms with Gasteiger partial charge in [0.15, 0.2) is 0 Å². The summed E-state index contributed by atoms with van der Waals surface area (Å²) in [5.41, 5.74) is 2.62. The standard InChI is InChI=1S/C17H28N2O/c1-3-19(4-2)12-11-15-7-9-16(10-8-15)18-14-17-6-5-13-20-17/h7-10,17-18H,3-6,11-14H2,1-2H3. The van der Waals surface area contributed by atoms with Gasteiger partial charge in [0.1, 0.15) is 0 Å². The number of likely N-dealkylation sites (N-methyl/N-ethyl adjacent to an activating group) is 1. The Hall–Kier alpha value is -1.06. The maximum absolute atomic E-state index is 5.62. The molecule has 3 nitrogen and oxygen atoms in total. The van der Waals surface area contributed by atoms with Crippen molar-refractivity contribution in [2.45, 2.75) is 39.2 Å². The summed E-state index contributed by atoms with van der Waals surface area (Å²) in [5.74, 6) is 0. The number of nitrogens with one attached hydrogen (secondary N) is 1. The first-order valence-electron chi connectivity index (χ1n) is 7.98. The van der Waals surface area contributed by atoms with Crippen LogP contribution in [0.25, 0.3) is 0 Å². The molecule has 20 heavy (non-hydrogen) atoms. The molecule has 3 heteroatoms. The number of nitrogens with zero attached hydrogens (tertiary/aromatic N) is 1. The lowest BCUT2D eigenvalue weighted by atomic mass is 10.1. The van der Waals surface area contributed by atoms with Crippen LogP contribution in [0.1, 0.15) is 32.3 Å². The molecule has 1 N–H and O–H groups in total. The topological polar surface area (TPSA) is 24.5 Å². The van der Waals surface area contributed by atoms with Gasteiger partial charge < -0.3 is 15.0 Å². The molecular weight excluding hydrogens is 248 g/mol. The van der Waals surface area contributed by atoms with Crippen LogP contribution in [-0.4, -0.2) is 43.8 Å². The summed E-state index contributed by atoms with van der Waals surface area (Å²) < 4.78 is 5.62. The molecule has 1 aliphatic heterocycles. The third kappa shape index (κ3) is 4.80. The molecule has 1 heterocycles. The number of ether oxygens (including phenoxy) is 1. The molecule has 0 spiro atoms. The summed E-state index contributed by atoms with van der Waals surface area (Å²) >= 11 is 0. The van der Waals surface area contributed by atoms with E-state index < -0.39 is 0 Å². The van der Waals surface area contributed by atoms with Crippen molar-refractivity contribution >= 4 is 5.69 Å². The molecule has 2 rings (SSSR count). The quantitative estimate of drug-likeness (QED) is 0.789. The first-order valence-corrected chi connectivity index (χ1v) is 7.98. The van der Waals surface area contributed by atoms with Gasteiger partial charge in [-0.2, -0.15) is 0 Å². The monoisotopic (exact) mass is 276 g/mol. The van der Waals surface area contributed by atoms with Crippen LogP contribution in [0.2, 0.25) is 0 Å². The van der Waals surface area contributed by atoms with E-state index in [1.807, 2.05) is 0 Å². The molecule has 1 saturated heterocycles. The van der Waals surface area contributed by atoms with Crippen LogP contribution < -0.4 is 5.32 Å². The number of hydrogen-bond donors (Lipinski definition) is 1. The summed E-state index contributed by atoms with van der Waals surface area (Å²) in [4.78, 5) is 2.46. The van der Waals surface area contributed by atoms with E-state index >= 15 is 0 Å². The molecular formula is C17H28N2O. The summed E-state index contributed by atoms with van der Waals surface area (Å²) in [7, 11) is 0. The molecule has 1 fully saturated rings. The Bertz CT molecular complexity index is 342. The van der Waals surface area contributed by atoms with Gasteiger partial charge in [0.05, 0.1) is 6.10 Å². The lowest BCUT2D eigenvalue weighted by Gasteiger charge is -2.18. The van der Waals surface area contributed by atoms with Gasteiger partial charge in [0.2, 0.25) is 0 Å². The van der Waals surface area contributed by atoms with Gasteiger partial charge in [-0.1, -0.05) is 26.0 Å². The molecule has 1 unspecified atom stereocenters. The summed E-state index contributed by atoms with van der Waals surface area (Å²) in [5, 5.41) is 3.47. The average Bonchev–Trinajstić information content (AvgIpc) is 3.01. The van der Waals surface area contributed by atoms with E-state index in [0.717, 1.165) is 39.2 Å². The highest BCUT2D eigenvalue weighted by Crippen LogP contribution is 2.15. The van der Waals surface area contributed by atoms with E-state index in [-0.39, 0.29) is 0 Å². The third-order valence-corrected chi connectivity index (χ3v) is 4.12. The Morgan fingerprint density at radius 1 is 1.20 bits per heavy atom. The number of hydrogen-bond acceptors (Lipinski definition) is 3. The molecule has 0 bridgehead atoms. The first kappa shape index (κ1) is 15.3. The molecule has 0 radical (unpaired) electrons. The Balaban J connectivity index is 1.74. The van der Waals surface area contributed by atoms with Crippen molar-refractivity contribution in [2.75, 3.05) is 38.1 Å². The Kier molecular flexibility index (Phi) is 6.34. The summed E-state index contributed by atoms with van der Waals surface area (Å²) in [6.07, 6.45) is 3.93. The van der Waals surface area contributed by atoms with Gasteiger partial charge in [-0.05, 0) is 50.0 Å². The van der Waals surface area contributed by atoms with E-state index in [0.29, 0.717) is 6.10 Å². The van der Waals surface area contributed by atoms with Crippen molar-refractivity contribution in [3.63, 3.8) is 0 Å². The predicted molar refractivity (Wildman–Crippen MR) is 85.4 cm³/mol. The Morgan fingerprint density at radius 3 is 2.55 bits per heavy atom. The SMILES string of the molecule is CCN(CC)CCc1ccc(NCC2CCCO2)cc1. The van der Waals surface area contributed by atoms with Crippen molar-refractivity contribution in [3.8, 4) is 0 Å². The molecule has 0 amide bonds. The zero-order valence-corrected chi connectivity index (χ0v) is 12.9. The minimum Gasteiger partial charge on any atom is -0.382 e. The van der Waals surface area contributed by atoms with Crippen molar-refractivity contribution in [1.29, 1.82) is 0 Å². The second-order valence-electron chi connectivity index (χ2n) is 5.49. The number of anilines is 1. The minimum absolute atomic E-state index is 0.400. The van der Waals surface area contributed by atoms with Crippen LogP contribution in [0, 0.1) is 0 Å². The number of benzene rings is 1. The van der Waals surface area contributed by atoms with Gasteiger partial charge in [-0.3, -0.25) is 0 Å². The highest BCUT2D eigenvalue weighted by atomic mass is 16.5. The predicted octanol–water partition coefficient (Wildman–Crippen LogP) is 3.16. The third-order valence-electron chi connectivity index (χ3n) is 4.12. The molecule has 0 aromatic heterocycles. The maximum atomic E-state index is 5.62. The van der Waals surface area contributed by atoms with Crippen LogP contribution in [0.15, 0.2) is 24.3 Å². The van der Waals surface area contributed by atoms with Gasteiger partial charge >= 0.3 is 0 Å².